The van der Waals surface area contributed by atoms with Gasteiger partial charge in [-0.1, -0.05) is 0 Å². The Labute approximate surface area is 140 Å². The largest absolute Gasteiger partial charge is 0.354 e. The molecule has 9 nitrogen and oxygen atoms in total. The lowest BCUT2D eigenvalue weighted by Crippen LogP contribution is -2.55. The number of nitrogens with one attached hydrogen (secondary N) is 1. The highest BCUT2D eigenvalue weighted by molar-refractivity contribution is 5.98. The van der Waals surface area contributed by atoms with Gasteiger partial charge in [-0.25, -0.2) is 4.98 Å². The highest BCUT2D eigenvalue weighted by Gasteiger charge is 2.27. The van der Waals surface area contributed by atoms with Crippen molar-refractivity contribution in [3.05, 3.63) is 31.1 Å². The normalized spacial score (nSPS) is 15.9. The number of carbonyl (C=O) groups excluding carboxylic acids is 1. The fourth-order valence-corrected chi connectivity index (χ4v) is 2.72. The van der Waals surface area contributed by atoms with Crippen LogP contribution in [0.5, 0.6) is 0 Å². The molecular formula is C15H22N8O. The molecule has 1 amide bonds. The minimum absolute atomic E-state index is 0.0480. The van der Waals surface area contributed by atoms with Gasteiger partial charge in [0, 0.05) is 58.9 Å². The number of aryl methyl sites for hydroxylation is 1. The number of imidazole rings is 1. The van der Waals surface area contributed by atoms with Crippen molar-refractivity contribution in [1.82, 2.24) is 29.5 Å². The summed E-state index contributed by atoms with van der Waals surface area (Å²) < 4.78 is 3.69. The van der Waals surface area contributed by atoms with Crippen LogP contribution in [-0.2, 0) is 18.4 Å². The summed E-state index contributed by atoms with van der Waals surface area (Å²) in [6, 6.07) is 0. The average molecular weight is 330 g/mol. The lowest BCUT2D eigenvalue weighted by atomic mass is 10.3. The van der Waals surface area contributed by atoms with Gasteiger partial charge in [0.25, 0.3) is 0 Å². The smallest absolute Gasteiger partial charge is 0.246 e. The van der Waals surface area contributed by atoms with Gasteiger partial charge in [-0.15, -0.1) is 0 Å². The van der Waals surface area contributed by atoms with Crippen molar-refractivity contribution in [2.24, 2.45) is 12.0 Å². The van der Waals surface area contributed by atoms with Gasteiger partial charge in [-0.2, -0.15) is 5.10 Å². The number of aliphatic imine (C=N–C) groups is 1. The molecule has 1 aliphatic rings. The number of hydrogen-bond donors (Lipinski definition) is 1. The number of amides is 1. The van der Waals surface area contributed by atoms with E-state index in [9.17, 15) is 4.79 Å². The maximum absolute atomic E-state index is 12.4. The summed E-state index contributed by atoms with van der Waals surface area (Å²) in [6.45, 7) is 3.17. The summed E-state index contributed by atoms with van der Waals surface area (Å²) >= 11 is 0. The minimum Gasteiger partial charge on any atom is -0.354 e. The van der Waals surface area contributed by atoms with E-state index in [0.717, 1.165) is 31.3 Å². The Hall–Kier alpha value is -2.84. The first kappa shape index (κ1) is 16.0. The molecule has 0 aliphatic carbocycles. The SMILES string of the molecule is CN=C(NCCn1ccnc1)N1CCN(c2cnn(C)c2)C(=O)C1. The van der Waals surface area contributed by atoms with Crippen LogP contribution < -0.4 is 10.2 Å². The second-order valence-electron chi connectivity index (χ2n) is 5.61. The van der Waals surface area contributed by atoms with E-state index in [2.05, 4.69) is 20.4 Å². The summed E-state index contributed by atoms with van der Waals surface area (Å²) in [7, 11) is 3.58. The van der Waals surface area contributed by atoms with Crippen LogP contribution in [0.1, 0.15) is 0 Å². The van der Waals surface area contributed by atoms with E-state index in [1.165, 1.54) is 0 Å². The summed E-state index contributed by atoms with van der Waals surface area (Å²) in [5.41, 5.74) is 0.838. The number of anilines is 1. The maximum Gasteiger partial charge on any atom is 0.246 e. The molecule has 9 heteroatoms. The third kappa shape index (κ3) is 3.55. The van der Waals surface area contributed by atoms with Crippen LogP contribution in [0, 0.1) is 0 Å². The number of hydrogen-bond acceptors (Lipinski definition) is 4. The highest BCUT2D eigenvalue weighted by Crippen LogP contribution is 2.15. The standard InChI is InChI=1S/C15H22N8O/c1-16-15(18-4-6-21-5-3-17-12-21)22-7-8-23(14(24)11-22)13-9-19-20(2)10-13/h3,5,9-10,12H,4,6-8,11H2,1-2H3,(H,16,18). The van der Waals surface area contributed by atoms with Crippen molar-refractivity contribution in [3.63, 3.8) is 0 Å². The van der Waals surface area contributed by atoms with Crippen LogP contribution in [0.25, 0.3) is 0 Å². The molecule has 128 valence electrons. The van der Waals surface area contributed by atoms with Crippen LogP contribution in [0.15, 0.2) is 36.1 Å². The van der Waals surface area contributed by atoms with Crippen molar-refractivity contribution < 1.29 is 4.79 Å². The lowest BCUT2D eigenvalue weighted by Gasteiger charge is -2.35. The number of nitrogens with zero attached hydrogens (tertiary/aromatic N) is 7. The number of piperazine rings is 1. The topological polar surface area (TPSA) is 83.6 Å². The molecule has 1 saturated heterocycles. The maximum atomic E-state index is 12.4. The first-order chi connectivity index (χ1) is 11.7. The first-order valence-corrected chi connectivity index (χ1v) is 7.87. The molecule has 2 aromatic rings. The van der Waals surface area contributed by atoms with Gasteiger partial charge < -0.3 is 19.7 Å². The molecule has 0 bridgehead atoms. The third-order valence-electron chi connectivity index (χ3n) is 3.95. The van der Waals surface area contributed by atoms with E-state index in [-0.39, 0.29) is 5.91 Å². The van der Waals surface area contributed by atoms with Crippen LogP contribution in [0.3, 0.4) is 0 Å². The molecule has 0 atom stereocenters. The van der Waals surface area contributed by atoms with E-state index in [4.69, 9.17) is 0 Å². The Kier molecular flexibility index (Phi) is 4.78. The highest BCUT2D eigenvalue weighted by atomic mass is 16.2. The molecule has 0 spiro atoms. The number of aromatic nitrogens is 4. The second kappa shape index (κ2) is 7.16. The molecule has 1 aliphatic heterocycles. The predicted octanol–water partition coefficient (Wildman–Crippen LogP) is -0.459. The van der Waals surface area contributed by atoms with Crippen LogP contribution >= 0.6 is 0 Å². The summed E-state index contributed by atoms with van der Waals surface area (Å²) in [4.78, 5) is 24.5. The second-order valence-corrected chi connectivity index (χ2v) is 5.61. The van der Waals surface area contributed by atoms with Gasteiger partial charge in [0.05, 0.1) is 18.2 Å². The Morgan fingerprint density at radius 1 is 1.42 bits per heavy atom. The molecule has 0 radical (unpaired) electrons. The van der Waals surface area contributed by atoms with Crippen LogP contribution in [0.2, 0.25) is 0 Å². The zero-order valence-electron chi connectivity index (χ0n) is 14.0. The van der Waals surface area contributed by atoms with Gasteiger partial charge >= 0.3 is 0 Å². The molecule has 1 fully saturated rings. The number of guanidine groups is 1. The number of carbonyl (C=O) groups is 1. The van der Waals surface area contributed by atoms with E-state index < -0.39 is 0 Å². The zero-order valence-corrected chi connectivity index (χ0v) is 14.0. The average Bonchev–Trinajstić information content (AvgIpc) is 3.23. The van der Waals surface area contributed by atoms with Crippen molar-refractivity contribution in [2.45, 2.75) is 6.54 Å². The van der Waals surface area contributed by atoms with E-state index in [1.54, 1.807) is 35.4 Å². The molecule has 24 heavy (non-hydrogen) atoms. The molecule has 2 aromatic heterocycles. The summed E-state index contributed by atoms with van der Waals surface area (Å²) in [5, 5.41) is 7.42. The Morgan fingerprint density at radius 2 is 2.29 bits per heavy atom. The Bertz CT molecular complexity index is 705. The molecule has 0 unspecified atom stereocenters. The van der Waals surface area contributed by atoms with Gasteiger partial charge in [0.2, 0.25) is 5.91 Å². The van der Waals surface area contributed by atoms with Crippen LogP contribution in [-0.4, -0.2) is 69.3 Å². The van der Waals surface area contributed by atoms with E-state index >= 15 is 0 Å². The molecule has 0 aromatic carbocycles. The van der Waals surface area contributed by atoms with Gasteiger partial charge in [0.1, 0.15) is 6.54 Å². The van der Waals surface area contributed by atoms with Crippen LogP contribution in [0.4, 0.5) is 5.69 Å². The zero-order chi connectivity index (χ0) is 16.9. The Balaban J connectivity index is 1.54. The molecular weight excluding hydrogens is 308 g/mol. The fourth-order valence-electron chi connectivity index (χ4n) is 2.72. The predicted molar refractivity (Wildman–Crippen MR) is 90.7 cm³/mol. The van der Waals surface area contributed by atoms with Crippen molar-refractivity contribution in [2.75, 3.05) is 38.1 Å². The first-order valence-electron chi connectivity index (χ1n) is 7.87. The molecule has 0 saturated carbocycles. The molecule has 1 N–H and O–H groups in total. The third-order valence-corrected chi connectivity index (χ3v) is 3.95. The van der Waals surface area contributed by atoms with Gasteiger partial charge in [-0.05, 0) is 0 Å². The fraction of sp³-hybridized carbons (Fsp3) is 0.467. The molecule has 3 heterocycles. The Morgan fingerprint density at radius 3 is 2.92 bits per heavy atom. The van der Waals surface area contributed by atoms with E-state index in [1.807, 2.05) is 28.9 Å². The van der Waals surface area contributed by atoms with Crippen molar-refractivity contribution >= 4 is 17.6 Å². The van der Waals surface area contributed by atoms with Crippen molar-refractivity contribution in [3.8, 4) is 0 Å². The van der Waals surface area contributed by atoms with E-state index in [0.29, 0.717) is 13.1 Å². The summed E-state index contributed by atoms with van der Waals surface area (Å²) in [6.07, 6.45) is 9.02. The monoisotopic (exact) mass is 330 g/mol. The lowest BCUT2D eigenvalue weighted by molar-refractivity contribution is -0.120. The summed E-state index contributed by atoms with van der Waals surface area (Å²) in [5.74, 6) is 0.793. The van der Waals surface area contributed by atoms with Crippen molar-refractivity contribution in [1.29, 1.82) is 0 Å². The number of rotatable bonds is 4. The quantitative estimate of drug-likeness (QED) is 0.606. The van der Waals surface area contributed by atoms with Gasteiger partial charge in [0.15, 0.2) is 5.96 Å². The molecule has 3 rings (SSSR count). The van der Waals surface area contributed by atoms with Gasteiger partial charge in [-0.3, -0.25) is 14.5 Å². The minimum atomic E-state index is 0.0480.